The topological polar surface area (TPSA) is 121 Å². The molecule has 1 saturated carbocycles. The minimum Gasteiger partial charge on any atom is -0.461 e. The number of carbonyl (C=O) groups is 3. The lowest BCUT2D eigenvalue weighted by molar-refractivity contribution is -0.139. The van der Waals surface area contributed by atoms with E-state index in [0.29, 0.717) is 28.7 Å². The molecule has 0 aliphatic heterocycles. The van der Waals surface area contributed by atoms with Crippen LogP contribution in [0.15, 0.2) is 112 Å². The first-order valence-electron chi connectivity index (χ1n) is 16.8. The van der Waals surface area contributed by atoms with Crippen LogP contribution in [0.5, 0.6) is 0 Å². The van der Waals surface area contributed by atoms with E-state index in [-0.39, 0.29) is 37.4 Å². The van der Waals surface area contributed by atoms with Gasteiger partial charge < -0.3 is 20.1 Å². The van der Waals surface area contributed by atoms with Gasteiger partial charge in [0.2, 0.25) is 0 Å². The van der Waals surface area contributed by atoms with Crippen molar-refractivity contribution in [2.45, 2.75) is 112 Å². The van der Waals surface area contributed by atoms with Gasteiger partial charge in [0, 0.05) is 37.2 Å². The largest absolute Gasteiger partial charge is 0.461 e. The Morgan fingerprint density at radius 2 is 1.47 bits per heavy atom. The molecular formula is C42H56O7. The fraction of sp³-hybridized carbons (Fsp3) is 0.476. The minimum absolute atomic E-state index is 0.0336. The number of allylic oxidation sites excluding steroid dienone is 14. The zero-order valence-corrected chi connectivity index (χ0v) is 31.0. The first kappa shape index (κ1) is 41.3. The maximum absolute atomic E-state index is 13.0. The van der Waals surface area contributed by atoms with Gasteiger partial charge in [-0.1, -0.05) is 99.6 Å². The fourth-order valence-corrected chi connectivity index (χ4v) is 6.46. The molecule has 2 aliphatic carbocycles. The molecule has 0 spiro atoms. The van der Waals surface area contributed by atoms with Crippen molar-refractivity contribution in [1.82, 2.24) is 0 Å². The molecule has 2 rings (SSSR count). The standard InChI is InChI=1S/C42H56O7/c1-29(17-13-19-31(3)37(46)27-42(48)32(4)23-35(44)25-40(42,8)9)15-11-12-16-30(2)18-14-20-34(28-49-33(5)43)21-22-38-39(6,7)24-36(45)26-41(38,10)47/h11-21,23,36,45,47-48H,24-28H2,1-10H3/b12-11+,17-13+,18-14+,29-15+,30-16+,31-19+,34-20-/t22?,36-,41+,42+/m0/s1. The van der Waals surface area contributed by atoms with Gasteiger partial charge >= 0.3 is 5.97 Å². The molecule has 0 unspecified atom stereocenters. The molecule has 1 fully saturated rings. The van der Waals surface area contributed by atoms with Crippen LogP contribution in [0, 0.1) is 10.8 Å². The molecule has 0 amide bonds. The van der Waals surface area contributed by atoms with Gasteiger partial charge in [-0.05, 0) is 75.3 Å². The van der Waals surface area contributed by atoms with Crippen LogP contribution in [0.1, 0.15) is 94.9 Å². The third kappa shape index (κ3) is 12.2. The van der Waals surface area contributed by atoms with Crippen molar-refractivity contribution in [3.8, 4) is 0 Å². The Bertz CT molecular complexity index is 1570. The second-order valence-electron chi connectivity index (χ2n) is 15.0. The zero-order valence-electron chi connectivity index (χ0n) is 31.0. The number of hydrogen-bond acceptors (Lipinski definition) is 7. The number of rotatable bonds is 12. The SMILES string of the molecule is CC(=O)OC\C(C=C=C1C(C)(C)C[C@H](O)C[C@@]1(C)O)=C/C=C/C(C)=C/C=C/C=C(C)/C=C/C=C(\C)C(=O)C[C@@]1(O)C(C)=CC(=O)CC1(C)C. The van der Waals surface area contributed by atoms with E-state index in [2.05, 4.69) is 5.73 Å². The van der Waals surface area contributed by atoms with E-state index >= 15 is 0 Å². The number of Topliss-reactive ketones (excluding diaryl/α,β-unsaturated/α-hetero) is 1. The molecule has 3 N–H and O–H groups in total. The molecule has 0 heterocycles. The molecule has 0 aromatic rings. The summed E-state index contributed by atoms with van der Waals surface area (Å²) >= 11 is 0. The third-order valence-electron chi connectivity index (χ3n) is 9.26. The van der Waals surface area contributed by atoms with Crippen molar-refractivity contribution in [1.29, 1.82) is 0 Å². The summed E-state index contributed by atoms with van der Waals surface area (Å²) in [5, 5.41) is 32.5. The van der Waals surface area contributed by atoms with Crippen LogP contribution < -0.4 is 0 Å². The molecule has 0 radical (unpaired) electrons. The highest BCUT2D eigenvalue weighted by molar-refractivity contribution is 5.97. The van der Waals surface area contributed by atoms with Gasteiger partial charge in [0.1, 0.15) is 6.61 Å². The molecule has 0 aromatic carbocycles. The van der Waals surface area contributed by atoms with Gasteiger partial charge in [0.15, 0.2) is 11.6 Å². The zero-order chi connectivity index (χ0) is 37.2. The van der Waals surface area contributed by atoms with Gasteiger partial charge in [0.05, 0.1) is 17.3 Å². The van der Waals surface area contributed by atoms with Gasteiger partial charge in [-0.3, -0.25) is 14.4 Å². The molecule has 3 atom stereocenters. The Hall–Kier alpha value is -3.87. The smallest absolute Gasteiger partial charge is 0.302 e. The number of aliphatic hydroxyl groups excluding tert-OH is 1. The molecule has 266 valence electrons. The van der Waals surface area contributed by atoms with Crippen LogP contribution in [0.3, 0.4) is 0 Å². The summed E-state index contributed by atoms with van der Waals surface area (Å²) in [5.41, 5.74) is 3.94. The number of ketones is 2. The highest BCUT2D eigenvalue weighted by Crippen LogP contribution is 2.46. The number of esters is 1. The van der Waals surface area contributed by atoms with Crippen molar-refractivity contribution < 1.29 is 34.4 Å². The summed E-state index contributed by atoms with van der Waals surface area (Å²) in [5.74, 6) is -0.594. The number of carbonyl (C=O) groups excluding carboxylic acids is 3. The fourth-order valence-electron chi connectivity index (χ4n) is 6.46. The summed E-state index contributed by atoms with van der Waals surface area (Å²) < 4.78 is 5.22. The minimum atomic E-state index is -1.36. The predicted molar refractivity (Wildman–Crippen MR) is 196 cm³/mol. The van der Waals surface area contributed by atoms with Crippen LogP contribution in [-0.4, -0.2) is 56.8 Å². The Kier molecular flexibility index (Phi) is 14.5. The third-order valence-corrected chi connectivity index (χ3v) is 9.26. The Labute approximate surface area is 293 Å². The first-order chi connectivity index (χ1) is 22.6. The molecule has 2 aliphatic rings. The average Bonchev–Trinajstić information content (AvgIpc) is 2.94. The molecule has 7 nitrogen and oxygen atoms in total. The Morgan fingerprint density at radius 1 is 0.898 bits per heavy atom. The average molecular weight is 673 g/mol. The maximum Gasteiger partial charge on any atom is 0.302 e. The van der Waals surface area contributed by atoms with E-state index in [9.17, 15) is 29.7 Å². The highest BCUT2D eigenvalue weighted by Gasteiger charge is 2.49. The van der Waals surface area contributed by atoms with Crippen LogP contribution in [-0.2, 0) is 19.1 Å². The van der Waals surface area contributed by atoms with Gasteiger partial charge in [-0.2, -0.15) is 0 Å². The molecule has 7 heteroatoms. The Morgan fingerprint density at radius 3 is 2.00 bits per heavy atom. The first-order valence-corrected chi connectivity index (χ1v) is 16.8. The normalized spacial score (nSPS) is 26.7. The second-order valence-corrected chi connectivity index (χ2v) is 15.0. The van der Waals surface area contributed by atoms with Crippen molar-refractivity contribution in [3.05, 3.63) is 112 Å². The highest BCUT2D eigenvalue weighted by atomic mass is 16.5. The molecular weight excluding hydrogens is 616 g/mol. The van der Waals surface area contributed by atoms with E-state index in [0.717, 1.165) is 11.1 Å². The maximum atomic E-state index is 13.0. The van der Waals surface area contributed by atoms with Crippen LogP contribution in [0.2, 0.25) is 0 Å². The van der Waals surface area contributed by atoms with E-state index < -0.39 is 34.1 Å². The lowest BCUT2D eigenvalue weighted by atomic mass is 9.62. The van der Waals surface area contributed by atoms with Crippen LogP contribution in [0.4, 0.5) is 0 Å². The summed E-state index contributed by atoms with van der Waals surface area (Å²) in [4.78, 5) is 36.4. The van der Waals surface area contributed by atoms with E-state index in [1.54, 1.807) is 32.9 Å². The Balaban J connectivity index is 2.09. The van der Waals surface area contributed by atoms with E-state index in [4.69, 9.17) is 4.74 Å². The van der Waals surface area contributed by atoms with Gasteiger partial charge in [-0.15, -0.1) is 5.73 Å². The monoisotopic (exact) mass is 672 g/mol. The quantitative estimate of drug-likeness (QED) is 0.0844. The number of aliphatic hydroxyl groups is 3. The second kappa shape index (κ2) is 17.2. The summed E-state index contributed by atoms with van der Waals surface area (Å²) in [6.45, 7) is 18.0. The molecule has 0 bridgehead atoms. The number of hydrogen-bond donors (Lipinski definition) is 3. The summed E-state index contributed by atoms with van der Waals surface area (Å²) in [6, 6.07) is 0. The van der Waals surface area contributed by atoms with Crippen molar-refractivity contribution >= 4 is 17.5 Å². The molecule has 49 heavy (non-hydrogen) atoms. The van der Waals surface area contributed by atoms with Gasteiger partial charge in [-0.25, -0.2) is 0 Å². The number of ether oxygens (including phenoxy) is 1. The van der Waals surface area contributed by atoms with Gasteiger partial charge in [0.25, 0.3) is 0 Å². The summed E-state index contributed by atoms with van der Waals surface area (Å²) in [7, 11) is 0. The van der Waals surface area contributed by atoms with Crippen LogP contribution in [0.25, 0.3) is 0 Å². The molecule has 0 aromatic heterocycles. The summed E-state index contributed by atoms with van der Waals surface area (Å²) in [6.07, 6.45) is 22.3. The van der Waals surface area contributed by atoms with Crippen LogP contribution >= 0.6 is 0 Å². The predicted octanol–water partition coefficient (Wildman–Crippen LogP) is 7.63. The van der Waals surface area contributed by atoms with Crippen molar-refractivity contribution in [2.24, 2.45) is 10.8 Å². The van der Waals surface area contributed by atoms with E-state index in [1.807, 2.05) is 96.2 Å². The lowest BCUT2D eigenvalue weighted by Crippen LogP contribution is -2.50. The van der Waals surface area contributed by atoms with Crippen molar-refractivity contribution in [2.75, 3.05) is 6.61 Å². The van der Waals surface area contributed by atoms with E-state index in [1.165, 1.54) is 13.0 Å². The molecule has 0 saturated heterocycles. The lowest BCUT2D eigenvalue weighted by Gasteiger charge is -2.45. The van der Waals surface area contributed by atoms with Crippen molar-refractivity contribution in [3.63, 3.8) is 0 Å².